The van der Waals surface area contributed by atoms with E-state index in [-0.39, 0.29) is 0 Å². The van der Waals surface area contributed by atoms with Crippen LogP contribution in [0.1, 0.15) is 39.0 Å². The molecule has 0 aromatic carbocycles. The van der Waals surface area contributed by atoms with E-state index in [0.717, 1.165) is 18.8 Å². The molecule has 5 heteroatoms. The minimum absolute atomic E-state index is 0.579. The largest absolute Gasteiger partial charge is 0.480 e. The van der Waals surface area contributed by atoms with Crippen LogP contribution in [0.2, 0.25) is 0 Å². The highest BCUT2D eigenvalue weighted by Crippen LogP contribution is 2.31. The Kier molecular flexibility index (Phi) is 4.05. The molecule has 2 atom stereocenters. The molecule has 2 unspecified atom stereocenters. The van der Waals surface area contributed by atoms with Crippen LogP contribution >= 0.6 is 0 Å². The second-order valence-corrected chi connectivity index (χ2v) is 5.88. The van der Waals surface area contributed by atoms with Crippen molar-refractivity contribution in [3.8, 4) is 5.88 Å². The Labute approximate surface area is 120 Å². The molecule has 1 N–H and O–H groups in total. The van der Waals surface area contributed by atoms with Crippen LogP contribution in [-0.4, -0.2) is 41.7 Å². The summed E-state index contributed by atoms with van der Waals surface area (Å²) in [5.41, 5.74) is 0. The molecular formula is C15H24N4O. The van der Waals surface area contributed by atoms with Gasteiger partial charge in [0.1, 0.15) is 0 Å². The van der Waals surface area contributed by atoms with Crippen LogP contribution < -0.4 is 15.0 Å². The summed E-state index contributed by atoms with van der Waals surface area (Å²) in [6.07, 6.45) is 9.74. The fourth-order valence-electron chi connectivity index (χ4n) is 3.58. The number of nitrogens with one attached hydrogen (secondary N) is 1. The average Bonchev–Trinajstić information content (AvgIpc) is 2.83. The Hall–Kier alpha value is -1.36. The topological polar surface area (TPSA) is 50.3 Å². The zero-order valence-corrected chi connectivity index (χ0v) is 12.4. The first-order valence-electron chi connectivity index (χ1n) is 7.69. The van der Waals surface area contributed by atoms with Gasteiger partial charge in [-0.3, -0.25) is 4.98 Å². The van der Waals surface area contributed by atoms with Gasteiger partial charge in [-0.2, -0.15) is 4.98 Å². The van der Waals surface area contributed by atoms with Crippen LogP contribution in [0.5, 0.6) is 5.88 Å². The third-order valence-electron chi connectivity index (χ3n) is 4.46. The molecule has 0 aliphatic carbocycles. The van der Waals surface area contributed by atoms with E-state index in [0.29, 0.717) is 24.0 Å². The molecule has 0 amide bonds. The van der Waals surface area contributed by atoms with Crippen LogP contribution in [0.3, 0.4) is 0 Å². The lowest BCUT2D eigenvalue weighted by atomic mass is 9.98. The highest BCUT2D eigenvalue weighted by molar-refractivity contribution is 5.39. The Morgan fingerprint density at radius 2 is 2.05 bits per heavy atom. The van der Waals surface area contributed by atoms with Gasteiger partial charge in [-0.25, -0.2) is 0 Å². The molecular weight excluding hydrogens is 252 g/mol. The lowest BCUT2D eigenvalue weighted by Crippen LogP contribution is -2.49. The normalized spacial score (nSPS) is 28.4. The van der Waals surface area contributed by atoms with Crippen LogP contribution in [-0.2, 0) is 0 Å². The summed E-state index contributed by atoms with van der Waals surface area (Å²) < 4.78 is 5.21. The van der Waals surface area contributed by atoms with Crippen molar-refractivity contribution in [3.05, 3.63) is 12.4 Å². The number of hydrogen-bond acceptors (Lipinski definition) is 5. The third kappa shape index (κ3) is 2.73. The number of anilines is 1. The highest BCUT2D eigenvalue weighted by Gasteiger charge is 2.36. The van der Waals surface area contributed by atoms with Crippen molar-refractivity contribution in [2.24, 2.45) is 0 Å². The van der Waals surface area contributed by atoms with Crippen molar-refractivity contribution in [2.45, 2.75) is 57.2 Å². The van der Waals surface area contributed by atoms with E-state index in [1.54, 1.807) is 13.3 Å². The standard InChI is InChI=1S/C15H24N4O/c1-3-6-19(14-9-16-10-15(18-14)20-2)13-7-11-4-5-12(8-13)17-11/h9-13,17H,3-8H2,1-2H3. The average molecular weight is 276 g/mol. The number of piperidine rings is 1. The van der Waals surface area contributed by atoms with Gasteiger partial charge in [-0.15, -0.1) is 0 Å². The van der Waals surface area contributed by atoms with E-state index in [1.165, 1.54) is 25.7 Å². The molecule has 3 heterocycles. The maximum absolute atomic E-state index is 5.21. The van der Waals surface area contributed by atoms with Gasteiger partial charge in [0.05, 0.1) is 19.5 Å². The quantitative estimate of drug-likeness (QED) is 0.891. The third-order valence-corrected chi connectivity index (χ3v) is 4.46. The number of methoxy groups -OCH3 is 1. The summed E-state index contributed by atoms with van der Waals surface area (Å²) >= 11 is 0. The fraction of sp³-hybridized carbons (Fsp3) is 0.733. The number of fused-ring (bicyclic) bond motifs is 2. The van der Waals surface area contributed by atoms with Crippen molar-refractivity contribution in [3.63, 3.8) is 0 Å². The van der Waals surface area contributed by atoms with E-state index >= 15 is 0 Å². The summed E-state index contributed by atoms with van der Waals surface area (Å²) in [6.45, 7) is 3.25. The Balaban J connectivity index is 1.80. The van der Waals surface area contributed by atoms with Crippen molar-refractivity contribution < 1.29 is 4.74 Å². The summed E-state index contributed by atoms with van der Waals surface area (Å²) in [4.78, 5) is 11.3. The summed E-state index contributed by atoms with van der Waals surface area (Å²) in [7, 11) is 1.64. The van der Waals surface area contributed by atoms with Gasteiger partial charge < -0.3 is 15.0 Å². The monoisotopic (exact) mass is 276 g/mol. The first kappa shape index (κ1) is 13.6. The van der Waals surface area contributed by atoms with E-state index in [9.17, 15) is 0 Å². The number of hydrogen-bond donors (Lipinski definition) is 1. The molecule has 3 rings (SSSR count). The van der Waals surface area contributed by atoms with Gasteiger partial charge >= 0.3 is 0 Å². The number of rotatable bonds is 5. The predicted molar refractivity (Wildman–Crippen MR) is 79.2 cm³/mol. The maximum atomic E-state index is 5.21. The van der Waals surface area contributed by atoms with Crippen LogP contribution in [0.15, 0.2) is 12.4 Å². The Bertz CT molecular complexity index is 441. The van der Waals surface area contributed by atoms with Gasteiger partial charge in [0.25, 0.3) is 0 Å². The van der Waals surface area contributed by atoms with Gasteiger partial charge in [0, 0.05) is 24.7 Å². The molecule has 5 nitrogen and oxygen atoms in total. The molecule has 0 radical (unpaired) electrons. The zero-order valence-electron chi connectivity index (χ0n) is 12.4. The van der Waals surface area contributed by atoms with E-state index < -0.39 is 0 Å². The van der Waals surface area contributed by atoms with Crippen LogP contribution in [0.4, 0.5) is 5.82 Å². The lowest BCUT2D eigenvalue weighted by molar-refractivity contribution is 0.344. The van der Waals surface area contributed by atoms with Crippen molar-refractivity contribution in [1.82, 2.24) is 15.3 Å². The molecule has 2 bridgehead atoms. The molecule has 2 aliphatic rings. The molecule has 0 saturated carbocycles. The summed E-state index contributed by atoms with van der Waals surface area (Å²) in [6, 6.07) is 1.96. The van der Waals surface area contributed by atoms with Gasteiger partial charge in [0.15, 0.2) is 5.82 Å². The number of nitrogens with zero attached hydrogens (tertiary/aromatic N) is 3. The smallest absolute Gasteiger partial charge is 0.233 e. The zero-order chi connectivity index (χ0) is 13.9. The SMILES string of the molecule is CCCN(c1cncc(OC)n1)C1CC2CCC(C1)N2. The highest BCUT2D eigenvalue weighted by atomic mass is 16.5. The van der Waals surface area contributed by atoms with Crippen LogP contribution in [0.25, 0.3) is 0 Å². The fourth-order valence-corrected chi connectivity index (χ4v) is 3.58. The molecule has 20 heavy (non-hydrogen) atoms. The number of aromatic nitrogens is 2. The second kappa shape index (κ2) is 5.95. The van der Waals surface area contributed by atoms with Gasteiger partial charge in [-0.1, -0.05) is 6.92 Å². The first-order valence-corrected chi connectivity index (χ1v) is 7.69. The van der Waals surface area contributed by atoms with E-state index in [2.05, 4.69) is 27.1 Å². The minimum atomic E-state index is 0.579. The number of ether oxygens (including phenoxy) is 1. The van der Waals surface area contributed by atoms with Crippen LogP contribution in [0, 0.1) is 0 Å². The van der Waals surface area contributed by atoms with E-state index in [1.807, 2.05) is 6.20 Å². The first-order chi connectivity index (χ1) is 9.80. The Morgan fingerprint density at radius 1 is 1.30 bits per heavy atom. The van der Waals surface area contributed by atoms with Crippen molar-refractivity contribution in [2.75, 3.05) is 18.6 Å². The van der Waals surface area contributed by atoms with Gasteiger partial charge in [0.2, 0.25) is 5.88 Å². The molecule has 0 spiro atoms. The molecule has 110 valence electrons. The molecule has 2 aliphatic heterocycles. The lowest BCUT2D eigenvalue weighted by Gasteiger charge is -2.38. The predicted octanol–water partition coefficient (Wildman–Crippen LogP) is 1.98. The second-order valence-electron chi connectivity index (χ2n) is 5.88. The van der Waals surface area contributed by atoms with E-state index in [4.69, 9.17) is 4.74 Å². The molecule has 2 saturated heterocycles. The van der Waals surface area contributed by atoms with Crippen molar-refractivity contribution in [1.29, 1.82) is 0 Å². The molecule has 2 fully saturated rings. The Morgan fingerprint density at radius 3 is 2.70 bits per heavy atom. The van der Waals surface area contributed by atoms with Crippen molar-refractivity contribution >= 4 is 5.82 Å². The van der Waals surface area contributed by atoms with Gasteiger partial charge in [-0.05, 0) is 32.1 Å². The summed E-state index contributed by atoms with van der Waals surface area (Å²) in [5.74, 6) is 1.55. The molecule has 1 aromatic heterocycles. The molecule has 1 aromatic rings. The minimum Gasteiger partial charge on any atom is -0.480 e. The summed E-state index contributed by atoms with van der Waals surface area (Å²) in [5, 5.41) is 3.70. The maximum Gasteiger partial charge on any atom is 0.233 e.